The molecule has 0 unspecified atom stereocenters. The van der Waals surface area contributed by atoms with Crippen LogP contribution in [0.5, 0.6) is 5.75 Å². The number of aryl methyl sites for hydroxylation is 2. The number of carbonyl (C=O) groups is 6. The standard InChI is InChI=1S/C66H77ClN10O11S/c1-40(31-55(81)75-28-22-66(85,23-29-75)38-76-39-71-56-57(61(76)82)72-73(8)58(56)44-14-12-42(13-15-44)36-70-63(84)87-64(3,4)5)45-11-9-10-43(32-45)35-65(6,7)88-62(83)69-25-19-52(78)74-26-20-47(21-27-74)86-59-41(2)30-46(67)33-50(59)49-18-24-68-51-34-48(89-60(49)51)37-77-53(79)16-17-54(77)80/h9-15,18,24,30,32-34,39-40,47,85H,16-17,19-23,25-29,31,35-38H2,1-8H3,(H,69,83)(H,70,84)/t40-/m1/s1. The molecule has 3 N–H and O–H groups in total. The maximum atomic E-state index is 13.8. The van der Waals surface area contributed by atoms with Gasteiger partial charge in [0, 0.05) is 124 Å². The number of imide groups is 1. The lowest BCUT2D eigenvalue weighted by atomic mass is 9.89. The first-order valence-electron chi connectivity index (χ1n) is 30.3. The molecule has 7 aromatic rings. The van der Waals surface area contributed by atoms with Crippen molar-refractivity contribution in [2.75, 3.05) is 32.7 Å². The number of fused-ring (bicyclic) bond motifs is 2. The lowest BCUT2D eigenvalue weighted by Gasteiger charge is -2.38. The van der Waals surface area contributed by atoms with Gasteiger partial charge in [-0.25, -0.2) is 14.6 Å². The van der Waals surface area contributed by atoms with Crippen LogP contribution < -0.4 is 20.9 Å². The van der Waals surface area contributed by atoms with Gasteiger partial charge in [0.05, 0.1) is 40.9 Å². The maximum Gasteiger partial charge on any atom is 0.407 e. The minimum atomic E-state index is -1.25. The van der Waals surface area contributed by atoms with E-state index in [0.717, 1.165) is 54.0 Å². The van der Waals surface area contributed by atoms with Crippen LogP contribution in [-0.2, 0) is 61.8 Å². The molecule has 3 fully saturated rings. The van der Waals surface area contributed by atoms with Crippen molar-refractivity contribution in [3.05, 3.63) is 128 Å². The van der Waals surface area contributed by atoms with Crippen LogP contribution in [0.3, 0.4) is 0 Å². The van der Waals surface area contributed by atoms with Gasteiger partial charge in [0.1, 0.15) is 28.6 Å². The van der Waals surface area contributed by atoms with Crippen molar-refractivity contribution >= 4 is 80.0 Å². The number of aliphatic hydroxyl groups is 1. The van der Waals surface area contributed by atoms with Crippen LogP contribution in [0.25, 0.3) is 43.6 Å². The minimum Gasteiger partial charge on any atom is -0.489 e. The van der Waals surface area contributed by atoms with Gasteiger partial charge in [-0.2, -0.15) is 5.10 Å². The Labute approximate surface area is 525 Å². The number of pyridine rings is 1. The van der Waals surface area contributed by atoms with E-state index in [1.807, 2.05) is 100 Å². The number of nitrogens with zero attached hydrogens (tertiary/aromatic N) is 8. The topological polar surface area (TPSA) is 250 Å². The molecule has 7 heterocycles. The van der Waals surface area contributed by atoms with Crippen LogP contribution in [-0.4, -0.2) is 136 Å². The smallest absolute Gasteiger partial charge is 0.407 e. The molecule has 89 heavy (non-hydrogen) atoms. The maximum absolute atomic E-state index is 13.8. The third kappa shape index (κ3) is 15.4. The number of hydrogen-bond acceptors (Lipinski definition) is 15. The van der Waals surface area contributed by atoms with E-state index < -0.39 is 29.0 Å². The highest BCUT2D eigenvalue weighted by Crippen LogP contribution is 2.43. The molecule has 3 aliphatic heterocycles. The summed E-state index contributed by atoms with van der Waals surface area (Å²) < 4.78 is 21.8. The van der Waals surface area contributed by atoms with Gasteiger partial charge in [0.15, 0.2) is 5.52 Å². The number of benzene rings is 3. The van der Waals surface area contributed by atoms with Gasteiger partial charge in [-0.3, -0.25) is 43.1 Å². The molecule has 1 atom stereocenters. The van der Waals surface area contributed by atoms with E-state index in [4.69, 9.17) is 25.8 Å². The van der Waals surface area contributed by atoms with Gasteiger partial charge >= 0.3 is 12.2 Å². The monoisotopic (exact) mass is 1250 g/mol. The van der Waals surface area contributed by atoms with Crippen LogP contribution in [0.2, 0.25) is 5.02 Å². The summed E-state index contributed by atoms with van der Waals surface area (Å²) in [6.45, 7) is 15.2. The van der Waals surface area contributed by atoms with Gasteiger partial charge in [-0.15, -0.1) is 11.3 Å². The summed E-state index contributed by atoms with van der Waals surface area (Å²) in [5.74, 6) is 0.0980. The summed E-state index contributed by atoms with van der Waals surface area (Å²) >= 11 is 8.13. The average Bonchev–Trinajstić information content (AvgIpc) is 1.77. The van der Waals surface area contributed by atoms with Crippen molar-refractivity contribution in [2.45, 2.75) is 155 Å². The zero-order chi connectivity index (χ0) is 63.5. The molecule has 0 bridgehead atoms. The molecule has 10 rings (SSSR count). The SMILES string of the molecule is Cc1cc(Cl)cc(-c2ccnc3cc(CN4C(=O)CCC4=O)sc23)c1OC1CCN(C(=O)CCNC(=O)OC(C)(C)Cc2cccc([C@H](C)CC(=O)N3CCC(O)(Cn4cnc5c(-c6ccc(CNC(=O)OC(C)(C)C)cc6)n(C)nc5c4=O)CC3)c2)CC1. The fourth-order valence-electron chi connectivity index (χ4n) is 11.9. The van der Waals surface area contributed by atoms with Crippen LogP contribution in [0, 0.1) is 6.92 Å². The lowest BCUT2D eigenvalue weighted by molar-refractivity contribution is -0.139. The van der Waals surface area contributed by atoms with Crippen LogP contribution in [0.1, 0.15) is 126 Å². The Bertz CT molecular complexity index is 3880. The van der Waals surface area contributed by atoms with E-state index in [0.29, 0.717) is 67.4 Å². The number of piperidine rings is 2. The average molecular weight is 1250 g/mol. The van der Waals surface area contributed by atoms with Crippen LogP contribution in [0.15, 0.2) is 90.1 Å². The van der Waals surface area contributed by atoms with Crippen LogP contribution >= 0.6 is 22.9 Å². The Morgan fingerprint density at radius 1 is 0.820 bits per heavy atom. The highest BCUT2D eigenvalue weighted by atomic mass is 35.5. The Hall–Kier alpha value is -8.21. The van der Waals surface area contributed by atoms with E-state index in [-0.39, 0.29) is 111 Å². The zero-order valence-corrected chi connectivity index (χ0v) is 53.2. The number of carbonyl (C=O) groups excluding carboxylic acids is 6. The van der Waals surface area contributed by atoms with Gasteiger partial charge < -0.3 is 39.8 Å². The first kappa shape index (κ1) is 63.8. The number of rotatable bonds is 19. The van der Waals surface area contributed by atoms with Gasteiger partial charge in [-0.1, -0.05) is 67.1 Å². The summed E-state index contributed by atoms with van der Waals surface area (Å²) in [5, 5.41) is 22.3. The zero-order valence-electron chi connectivity index (χ0n) is 51.7. The molecular weight excluding hydrogens is 1180 g/mol. The van der Waals surface area contributed by atoms with Gasteiger partial charge in [0.2, 0.25) is 23.6 Å². The molecule has 0 radical (unpaired) electrons. The third-order valence-electron chi connectivity index (χ3n) is 16.5. The summed E-state index contributed by atoms with van der Waals surface area (Å²) in [4.78, 5) is 106. The fraction of sp³-hybridized carbons (Fsp3) is 0.455. The number of likely N-dealkylation sites (tertiary alicyclic amines) is 3. The molecule has 23 heteroatoms. The Morgan fingerprint density at radius 3 is 2.22 bits per heavy atom. The number of halogens is 1. The molecule has 3 saturated heterocycles. The molecule has 6 amide bonds. The predicted octanol–water partition coefficient (Wildman–Crippen LogP) is 9.76. The first-order valence-corrected chi connectivity index (χ1v) is 31.5. The summed E-state index contributed by atoms with van der Waals surface area (Å²) in [7, 11) is 1.74. The van der Waals surface area contributed by atoms with Gasteiger partial charge in [-0.05, 0) is 107 Å². The number of amides is 6. The first-order chi connectivity index (χ1) is 42.3. The second kappa shape index (κ2) is 26.5. The van der Waals surface area contributed by atoms with Crippen molar-refractivity contribution in [3.8, 4) is 28.1 Å². The predicted molar refractivity (Wildman–Crippen MR) is 338 cm³/mol. The van der Waals surface area contributed by atoms with E-state index in [1.54, 1.807) is 48.5 Å². The number of aromatic nitrogens is 5. The van der Waals surface area contributed by atoms with Gasteiger partial charge in [0.25, 0.3) is 5.56 Å². The molecule has 0 aliphatic carbocycles. The minimum absolute atomic E-state index is 0.00504. The molecule has 0 saturated carbocycles. The highest BCUT2D eigenvalue weighted by Gasteiger charge is 2.36. The Kier molecular flexibility index (Phi) is 19.0. The van der Waals surface area contributed by atoms with Crippen molar-refractivity contribution in [2.24, 2.45) is 7.05 Å². The molecule has 3 aliphatic rings. The summed E-state index contributed by atoms with van der Waals surface area (Å²) in [5.41, 5.74) is 4.94. The number of alkyl carbamates (subject to hydrolysis) is 2. The molecule has 4 aromatic heterocycles. The Morgan fingerprint density at radius 2 is 1.52 bits per heavy atom. The summed E-state index contributed by atoms with van der Waals surface area (Å²) in [6, 6.07) is 23.0. The van der Waals surface area contributed by atoms with Crippen LogP contribution in [0.4, 0.5) is 9.59 Å². The lowest BCUT2D eigenvalue weighted by Crippen LogP contribution is -2.49. The van der Waals surface area contributed by atoms with E-state index in [1.165, 1.54) is 27.1 Å². The molecule has 470 valence electrons. The van der Waals surface area contributed by atoms with Crippen molar-refractivity contribution in [1.82, 2.24) is 49.6 Å². The highest BCUT2D eigenvalue weighted by molar-refractivity contribution is 7.19. The molecular formula is C66H77ClN10O11S. The molecule has 0 spiro atoms. The normalized spacial score (nSPS) is 16.0. The van der Waals surface area contributed by atoms with E-state index >= 15 is 0 Å². The fourth-order valence-corrected chi connectivity index (χ4v) is 13.3. The van der Waals surface area contributed by atoms with E-state index in [9.17, 15) is 38.7 Å². The van der Waals surface area contributed by atoms with Crippen molar-refractivity contribution in [3.63, 3.8) is 0 Å². The third-order valence-corrected chi connectivity index (χ3v) is 17.9. The number of ether oxygens (including phenoxy) is 3. The second-order valence-corrected chi connectivity index (χ2v) is 26.9. The van der Waals surface area contributed by atoms with Crippen molar-refractivity contribution in [1.29, 1.82) is 0 Å². The van der Waals surface area contributed by atoms with Crippen molar-refractivity contribution < 1.29 is 48.1 Å². The largest absolute Gasteiger partial charge is 0.489 e. The quantitative estimate of drug-likeness (QED) is 0.0638. The van der Waals surface area contributed by atoms with E-state index in [2.05, 4.69) is 25.7 Å². The number of thiophene rings is 1. The second-order valence-electron chi connectivity index (χ2n) is 25.3. The number of nitrogens with one attached hydrogen (secondary N) is 2. The molecule has 21 nitrogen and oxygen atoms in total. The number of hydrogen-bond donors (Lipinski definition) is 3. The summed E-state index contributed by atoms with van der Waals surface area (Å²) in [6.07, 6.45) is 4.81. The Balaban J connectivity index is 0.650. The molecule has 3 aromatic carbocycles.